The molecule has 56 heavy (non-hydrogen) atoms. The summed E-state index contributed by atoms with van der Waals surface area (Å²) in [5.41, 5.74) is 11.0. The van der Waals surface area contributed by atoms with E-state index < -0.39 is 0 Å². The van der Waals surface area contributed by atoms with Gasteiger partial charge in [0.15, 0.2) is 17.5 Å². The van der Waals surface area contributed by atoms with E-state index in [2.05, 4.69) is 138 Å². The lowest BCUT2D eigenvalue weighted by atomic mass is 9.98. The summed E-state index contributed by atoms with van der Waals surface area (Å²) >= 11 is 0. The predicted octanol–water partition coefficient (Wildman–Crippen LogP) is 12.8. The second-order valence-electron chi connectivity index (χ2n) is 14.6. The Morgan fingerprint density at radius 2 is 1.02 bits per heavy atom. The van der Waals surface area contributed by atoms with E-state index in [0.29, 0.717) is 17.5 Å². The zero-order chi connectivity index (χ0) is 37.3. The minimum absolute atomic E-state index is 0.638. The molecule has 264 valence electrons. The molecule has 0 atom stereocenters. The van der Waals surface area contributed by atoms with Crippen LogP contribution in [0.2, 0.25) is 0 Å². The van der Waals surface area contributed by atoms with Gasteiger partial charge in [-0.3, -0.25) is 0 Å². The Morgan fingerprint density at radius 1 is 0.429 bits per heavy atom. The van der Waals surface area contributed by atoms with Gasteiger partial charge in [0.1, 0.15) is 0 Å². The Labute approximate surface area is 323 Å². The second-order valence-corrected chi connectivity index (χ2v) is 14.6. The number of aryl methyl sites for hydroxylation is 2. The van der Waals surface area contributed by atoms with Crippen LogP contribution in [0, 0.1) is 13.8 Å². The first kappa shape index (κ1) is 32.1. The first-order chi connectivity index (χ1) is 27.6. The van der Waals surface area contributed by atoms with Crippen LogP contribution in [-0.4, -0.2) is 24.1 Å². The van der Waals surface area contributed by atoms with Gasteiger partial charge in [0, 0.05) is 55.8 Å². The largest absolute Gasteiger partial charge is 0.316 e. The lowest BCUT2D eigenvalue weighted by Gasteiger charge is -2.14. The average Bonchev–Trinajstić information content (AvgIpc) is 3.84. The van der Waals surface area contributed by atoms with Crippen molar-refractivity contribution in [2.45, 2.75) is 13.8 Å². The number of rotatable bonds is 5. The average molecular weight is 718 g/mol. The number of nitrogens with zero attached hydrogens (tertiary/aromatic N) is 5. The summed E-state index contributed by atoms with van der Waals surface area (Å²) in [7, 11) is 0. The molecule has 8 aromatic carbocycles. The predicted molar refractivity (Wildman–Crippen MR) is 232 cm³/mol. The SMILES string of the molecule is Cc1cc(-c2nc(-c3ccccc3)nc(-c3ccccc3)n2)cc(-n2c3ccc4ccccc4c3c3c4ccc5ccn(-c6ccccc6C)c5c4ccc32)c1. The monoisotopic (exact) mass is 717 g/mol. The summed E-state index contributed by atoms with van der Waals surface area (Å²) in [5, 5.41) is 8.63. The molecule has 11 rings (SSSR count). The Hall–Kier alpha value is -7.37. The summed E-state index contributed by atoms with van der Waals surface area (Å²) in [6, 6.07) is 60.3. The van der Waals surface area contributed by atoms with Crippen molar-refractivity contribution in [3.8, 4) is 45.5 Å². The Balaban J connectivity index is 1.19. The molecule has 0 saturated heterocycles. The van der Waals surface area contributed by atoms with Gasteiger partial charge in [0.2, 0.25) is 0 Å². The molecule has 0 saturated carbocycles. The summed E-state index contributed by atoms with van der Waals surface area (Å²) in [6.45, 7) is 4.34. The van der Waals surface area contributed by atoms with Crippen LogP contribution in [0.15, 0.2) is 176 Å². The number of benzene rings is 8. The topological polar surface area (TPSA) is 48.5 Å². The van der Waals surface area contributed by atoms with Gasteiger partial charge in [-0.2, -0.15) is 0 Å². The van der Waals surface area contributed by atoms with Crippen molar-refractivity contribution >= 4 is 54.3 Å². The molecule has 0 spiro atoms. The zero-order valence-corrected chi connectivity index (χ0v) is 31.0. The van der Waals surface area contributed by atoms with Crippen molar-refractivity contribution in [2.24, 2.45) is 0 Å². The third kappa shape index (κ3) is 5.05. The van der Waals surface area contributed by atoms with Gasteiger partial charge < -0.3 is 9.13 Å². The molecule has 3 heterocycles. The van der Waals surface area contributed by atoms with E-state index in [4.69, 9.17) is 15.0 Å². The summed E-state index contributed by atoms with van der Waals surface area (Å²) < 4.78 is 4.78. The van der Waals surface area contributed by atoms with Crippen molar-refractivity contribution in [1.29, 1.82) is 0 Å². The van der Waals surface area contributed by atoms with Crippen LogP contribution >= 0.6 is 0 Å². The molecule has 3 aromatic heterocycles. The van der Waals surface area contributed by atoms with Gasteiger partial charge in [-0.05, 0) is 83.6 Å². The van der Waals surface area contributed by atoms with E-state index >= 15 is 0 Å². The fourth-order valence-electron chi connectivity index (χ4n) is 8.59. The van der Waals surface area contributed by atoms with E-state index in [-0.39, 0.29) is 0 Å². The molecule has 5 heteroatoms. The second kappa shape index (κ2) is 12.6. The van der Waals surface area contributed by atoms with Crippen LogP contribution in [0.5, 0.6) is 0 Å². The van der Waals surface area contributed by atoms with Gasteiger partial charge >= 0.3 is 0 Å². The highest BCUT2D eigenvalue weighted by atomic mass is 15.0. The fraction of sp³-hybridized carbons (Fsp3) is 0.0392. The maximum atomic E-state index is 5.10. The van der Waals surface area contributed by atoms with Gasteiger partial charge in [-0.15, -0.1) is 0 Å². The number of para-hydroxylation sites is 1. The van der Waals surface area contributed by atoms with E-state index in [1.165, 1.54) is 54.5 Å². The van der Waals surface area contributed by atoms with Crippen LogP contribution < -0.4 is 0 Å². The Bertz CT molecular complexity index is 3260. The third-order valence-corrected chi connectivity index (χ3v) is 11.1. The molecule has 0 radical (unpaired) electrons. The molecule has 0 amide bonds. The molecule has 5 nitrogen and oxygen atoms in total. The normalized spacial score (nSPS) is 11.8. The standard InChI is InChI=1S/C51H35N5/c1-32-29-38(51-53-49(36-15-5-3-6-16-36)52-50(54-51)37-17-7-4-8-18-37)31-39(30-32)56-44-25-22-34-14-10-11-19-40(34)46(44)47-41-23-21-35-27-28-55(43-20-12-9-13-33(43)2)48(35)42(41)24-26-45(47)56/h3-31H,1-2H3. The molecule has 0 bridgehead atoms. The van der Waals surface area contributed by atoms with Crippen molar-refractivity contribution in [2.75, 3.05) is 0 Å². The third-order valence-electron chi connectivity index (χ3n) is 11.1. The smallest absolute Gasteiger partial charge is 0.164 e. The van der Waals surface area contributed by atoms with E-state index in [9.17, 15) is 0 Å². The maximum absolute atomic E-state index is 5.10. The van der Waals surface area contributed by atoms with Crippen LogP contribution in [0.25, 0.3) is 99.8 Å². The molecule has 0 fully saturated rings. The van der Waals surface area contributed by atoms with Crippen LogP contribution in [0.3, 0.4) is 0 Å². The molecular formula is C51H35N5. The minimum atomic E-state index is 0.638. The van der Waals surface area contributed by atoms with Crippen LogP contribution in [0.1, 0.15) is 11.1 Å². The number of hydrogen-bond acceptors (Lipinski definition) is 3. The number of fused-ring (bicyclic) bond motifs is 9. The summed E-state index contributed by atoms with van der Waals surface area (Å²) in [6.07, 6.45) is 2.21. The van der Waals surface area contributed by atoms with Crippen molar-refractivity contribution < 1.29 is 0 Å². The molecule has 0 aliphatic carbocycles. The van der Waals surface area contributed by atoms with Crippen molar-refractivity contribution in [3.05, 3.63) is 187 Å². The van der Waals surface area contributed by atoms with Gasteiger partial charge in [0.25, 0.3) is 0 Å². The lowest BCUT2D eigenvalue weighted by Crippen LogP contribution is -2.01. The van der Waals surface area contributed by atoms with E-state index in [0.717, 1.165) is 39.0 Å². The quantitative estimate of drug-likeness (QED) is 0.178. The Morgan fingerprint density at radius 3 is 1.75 bits per heavy atom. The highest BCUT2D eigenvalue weighted by Crippen LogP contribution is 2.43. The highest BCUT2D eigenvalue weighted by molar-refractivity contribution is 6.30. The van der Waals surface area contributed by atoms with Gasteiger partial charge in [-0.25, -0.2) is 15.0 Å². The summed E-state index contributed by atoms with van der Waals surface area (Å²) in [4.78, 5) is 15.2. The first-order valence-electron chi connectivity index (χ1n) is 19.0. The maximum Gasteiger partial charge on any atom is 0.164 e. The van der Waals surface area contributed by atoms with Crippen LogP contribution in [-0.2, 0) is 0 Å². The van der Waals surface area contributed by atoms with Crippen molar-refractivity contribution in [3.63, 3.8) is 0 Å². The molecule has 0 unspecified atom stereocenters. The van der Waals surface area contributed by atoms with E-state index in [1.54, 1.807) is 0 Å². The molecule has 0 aliphatic heterocycles. The lowest BCUT2D eigenvalue weighted by molar-refractivity contribution is 1.07. The first-order valence-corrected chi connectivity index (χ1v) is 19.0. The Kier molecular flexibility index (Phi) is 7.23. The number of hydrogen-bond donors (Lipinski definition) is 0. The number of aromatic nitrogens is 5. The fourth-order valence-corrected chi connectivity index (χ4v) is 8.59. The molecular weight excluding hydrogens is 683 g/mol. The molecule has 0 N–H and O–H groups in total. The highest BCUT2D eigenvalue weighted by Gasteiger charge is 2.21. The summed E-state index contributed by atoms with van der Waals surface area (Å²) in [5.74, 6) is 1.93. The van der Waals surface area contributed by atoms with Crippen molar-refractivity contribution in [1.82, 2.24) is 24.1 Å². The minimum Gasteiger partial charge on any atom is -0.316 e. The molecule has 11 aromatic rings. The van der Waals surface area contributed by atoms with Crippen LogP contribution in [0.4, 0.5) is 0 Å². The zero-order valence-electron chi connectivity index (χ0n) is 31.0. The molecule has 0 aliphatic rings. The van der Waals surface area contributed by atoms with E-state index in [1.807, 2.05) is 60.7 Å². The van der Waals surface area contributed by atoms with Gasteiger partial charge in [-0.1, -0.05) is 127 Å². The van der Waals surface area contributed by atoms with Gasteiger partial charge in [0.05, 0.1) is 16.6 Å².